The molecule has 1 heterocycles. The molecule has 2 aromatic rings. The predicted molar refractivity (Wildman–Crippen MR) is 71.4 cm³/mol. The molecule has 0 spiro atoms. The van der Waals surface area contributed by atoms with E-state index in [1.54, 1.807) is 17.4 Å². The van der Waals surface area contributed by atoms with Crippen LogP contribution in [0.2, 0.25) is 10.0 Å². The Kier molecular flexibility index (Phi) is 3.87. The summed E-state index contributed by atoms with van der Waals surface area (Å²) in [5, 5.41) is 5.42. The number of hydrogen-bond acceptors (Lipinski definition) is 2. The van der Waals surface area contributed by atoms with Gasteiger partial charge in [-0.2, -0.15) is 11.3 Å². The highest BCUT2D eigenvalue weighted by Crippen LogP contribution is 2.27. The van der Waals surface area contributed by atoms with Crippen LogP contribution >= 0.6 is 34.5 Å². The van der Waals surface area contributed by atoms with Gasteiger partial charge in [0.1, 0.15) is 0 Å². The molecule has 0 radical (unpaired) electrons. The summed E-state index contributed by atoms with van der Waals surface area (Å²) in [5.74, 6) is 0. The van der Waals surface area contributed by atoms with Crippen molar-refractivity contribution in [1.82, 2.24) is 0 Å². The van der Waals surface area contributed by atoms with Crippen molar-refractivity contribution in [3.8, 4) is 0 Å². The van der Waals surface area contributed by atoms with Crippen LogP contribution in [-0.2, 0) is 6.42 Å². The Hall–Kier alpha value is -0.540. The molecule has 84 valence electrons. The number of thiophene rings is 1. The molecule has 0 saturated heterocycles. The smallest absolute Gasteiger partial charge is 0.0468 e. The van der Waals surface area contributed by atoms with Gasteiger partial charge in [-0.1, -0.05) is 29.3 Å². The van der Waals surface area contributed by atoms with E-state index >= 15 is 0 Å². The summed E-state index contributed by atoms with van der Waals surface area (Å²) in [6.07, 6.45) is 0.796. The molecule has 2 N–H and O–H groups in total. The number of hydrogen-bond donors (Lipinski definition) is 1. The zero-order valence-corrected chi connectivity index (χ0v) is 10.8. The minimum Gasteiger partial charge on any atom is -0.324 e. The topological polar surface area (TPSA) is 26.0 Å². The molecule has 0 saturated carbocycles. The van der Waals surface area contributed by atoms with Crippen molar-refractivity contribution in [3.05, 3.63) is 56.2 Å². The number of benzene rings is 1. The van der Waals surface area contributed by atoms with Gasteiger partial charge < -0.3 is 5.73 Å². The van der Waals surface area contributed by atoms with E-state index in [0.717, 1.165) is 12.0 Å². The second-order valence-corrected chi connectivity index (χ2v) is 5.23. The van der Waals surface area contributed by atoms with Crippen molar-refractivity contribution in [2.45, 2.75) is 12.5 Å². The lowest BCUT2D eigenvalue weighted by molar-refractivity contribution is 0.724. The zero-order chi connectivity index (χ0) is 11.5. The van der Waals surface area contributed by atoms with E-state index in [0.29, 0.717) is 10.0 Å². The summed E-state index contributed by atoms with van der Waals surface area (Å²) >= 11 is 13.6. The molecule has 0 fully saturated rings. The Morgan fingerprint density at radius 3 is 2.69 bits per heavy atom. The van der Waals surface area contributed by atoms with Crippen molar-refractivity contribution >= 4 is 34.5 Å². The highest BCUT2D eigenvalue weighted by atomic mass is 35.5. The Morgan fingerprint density at radius 2 is 2.06 bits per heavy atom. The van der Waals surface area contributed by atoms with Crippen molar-refractivity contribution < 1.29 is 0 Å². The van der Waals surface area contributed by atoms with Gasteiger partial charge in [-0.3, -0.25) is 0 Å². The second-order valence-electron chi connectivity index (χ2n) is 3.61. The van der Waals surface area contributed by atoms with Crippen LogP contribution in [0.4, 0.5) is 0 Å². The molecule has 0 aliphatic carbocycles. The van der Waals surface area contributed by atoms with Gasteiger partial charge in [0.25, 0.3) is 0 Å². The minimum atomic E-state index is -0.0839. The molecule has 0 aliphatic rings. The summed E-state index contributed by atoms with van der Waals surface area (Å²) in [7, 11) is 0. The van der Waals surface area contributed by atoms with E-state index in [1.807, 2.05) is 17.5 Å². The van der Waals surface area contributed by atoms with Crippen LogP contribution in [0, 0.1) is 0 Å². The molecule has 0 amide bonds. The minimum absolute atomic E-state index is 0.0839. The number of halogens is 2. The summed E-state index contributed by atoms with van der Waals surface area (Å²) in [4.78, 5) is 0. The molecule has 0 aliphatic heterocycles. The summed E-state index contributed by atoms with van der Waals surface area (Å²) in [6.45, 7) is 0. The monoisotopic (exact) mass is 271 g/mol. The van der Waals surface area contributed by atoms with Crippen LogP contribution < -0.4 is 5.73 Å². The number of rotatable bonds is 3. The maximum Gasteiger partial charge on any atom is 0.0468 e. The average molecular weight is 272 g/mol. The van der Waals surface area contributed by atoms with Crippen LogP contribution in [0.25, 0.3) is 0 Å². The zero-order valence-electron chi connectivity index (χ0n) is 8.49. The molecule has 0 bridgehead atoms. The quantitative estimate of drug-likeness (QED) is 0.885. The first-order valence-corrected chi connectivity index (χ1v) is 6.58. The van der Waals surface area contributed by atoms with Crippen LogP contribution in [-0.4, -0.2) is 0 Å². The highest BCUT2D eigenvalue weighted by Gasteiger charge is 2.11. The first-order chi connectivity index (χ1) is 7.66. The molecule has 1 atom stereocenters. The molecule has 1 aromatic heterocycles. The maximum absolute atomic E-state index is 6.11. The van der Waals surface area contributed by atoms with E-state index in [4.69, 9.17) is 28.9 Å². The fourth-order valence-corrected chi connectivity index (χ4v) is 2.81. The standard InChI is InChI=1S/C12H11Cl2NS/c13-9-1-2-10(11(14)6-9)12(15)5-8-3-4-16-7-8/h1-4,6-7,12H,5,15H2. The van der Waals surface area contributed by atoms with E-state index in [-0.39, 0.29) is 6.04 Å². The van der Waals surface area contributed by atoms with Gasteiger partial charge in [-0.05, 0) is 46.5 Å². The summed E-state index contributed by atoms with van der Waals surface area (Å²) < 4.78 is 0. The van der Waals surface area contributed by atoms with Crippen LogP contribution in [0.5, 0.6) is 0 Å². The summed E-state index contributed by atoms with van der Waals surface area (Å²) in [5.41, 5.74) is 8.30. The number of nitrogens with two attached hydrogens (primary N) is 1. The lowest BCUT2D eigenvalue weighted by Crippen LogP contribution is -2.13. The molecule has 2 rings (SSSR count). The Bertz CT molecular complexity index is 468. The van der Waals surface area contributed by atoms with Crippen LogP contribution in [0.15, 0.2) is 35.0 Å². The fraction of sp³-hybridized carbons (Fsp3) is 0.167. The van der Waals surface area contributed by atoms with Crippen molar-refractivity contribution in [2.75, 3.05) is 0 Å². The Balaban J connectivity index is 2.17. The normalized spacial score (nSPS) is 12.7. The average Bonchev–Trinajstić information content (AvgIpc) is 2.70. The van der Waals surface area contributed by atoms with Gasteiger partial charge >= 0.3 is 0 Å². The lowest BCUT2D eigenvalue weighted by Gasteiger charge is -2.13. The van der Waals surface area contributed by atoms with E-state index in [1.165, 1.54) is 5.56 Å². The third-order valence-electron chi connectivity index (χ3n) is 2.40. The molecule has 1 aromatic carbocycles. The molecular formula is C12H11Cl2NS. The Labute approximate surface area is 109 Å². The first kappa shape index (κ1) is 11.9. The van der Waals surface area contributed by atoms with E-state index < -0.39 is 0 Å². The van der Waals surface area contributed by atoms with Gasteiger partial charge in [0, 0.05) is 16.1 Å². The third kappa shape index (κ3) is 2.77. The molecule has 1 unspecified atom stereocenters. The predicted octanol–water partition coefficient (Wildman–Crippen LogP) is 4.30. The summed E-state index contributed by atoms with van der Waals surface area (Å²) in [6, 6.07) is 7.43. The Morgan fingerprint density at radius 1 is 1.25 bits per heavy atom. The van der Waals surface area contributed by atoms with Crippen molar-refractivity contribution in [3.63, 3.8) is 0 Å². The second kappa shape index (κ2) is 5.19. The lowest BCUT2D eigenvalue weighted by atomic mass is 10.0. The molecular weight excluding hydrogens is 261 g/mol. The SMILES string of the molecule is NC(Cc1ccsc1)c1ccc(Cl)cc1Cl. The molecule has 16 heavy (non-hydrogen) atoms. The van der Waals surface area contributed by atoms with Gasteiger partial charge in [0.15, 0.2) is 0 Å². The fourth-order valence-electron chi connectivity index (χ4n) is 1.57. The molecule has 4 heteroatoms. The van der Waals surface area contributed by atoms with Crippen LogP contribution in [0.1, 0.15) is 17.2 Å². The first-order valence-electron chi connectivity index (χ1n) is 4.88. The van der Waals surface area contributed by atoms with Crippen molar-refractivity contribution in [2.24, 2.45) is 5.73 Å². The van der Waals surface area contributed by atoms with E-state index in [2.05, 4.69) is 11.4 Å². The highest BCUT2D eigenvalue weighted by molar-refractivity contribution is 7.07. The van der Waals surface area contributed by atoms with Gasteiger partial charge in [0.05, 0.1) is 0 Å². The van der Waals surface area contributed by atoms with Gasteiger partial charge in [0.2, 0.25) is 0 Å². The van der Waals surface area contributed by atoms with Crippen LogP contribution in [0.3, 0.4) is 0 Å². The molecule has 1 nitrogen and oxygen atoms in total. The van der Waals surface area contributed by atoms with Gasteiger partial charge in [-0.25, -0.2) is 0 Å². The van der Waals surface area contributed by atoms with Gasteiger partial charge in [-0.15, -0.1) is 0 Å². The third-order valence-corrected chi connectivity index (χ3v) is 3.69. The largest absolute Gasteiger partial charge is 0.324 e. The maximum atomic E-state index is 6.11. The van der Waals surface area contributed by atoms with Crippen molar-refractivity contribution in [1.29, 1.82) is 0 Å². The van der Waals surface area contributed by atoms with E-state index in [9.17, 15) is 0 Å².